The van der Waals surface area contributed by atoms with Crippen molar-refractivity contribution in [3.8, 4) is 0 Å². The molecule has 2 rings (SSSR count). The third-order valence-electron chi connectivity index (χ3n) is 2.67. The number of nitrogens with zero attached hydrogens (tertiary/aromatic N) is 6. The van der Waals surface area contributed by atoms with Crippen molar-refractivity contribution < 1.29 is 17.1 Å². The van der Waals surface area contributed by atoms with Crippen LogP contribution in [0.4, 0.5) is 0 Å². The number of hydrogen-bond acceptors (Lipinski definition) is 8. The van der Waals surface area contributed by atoms with Crippen LogP contribution in [0, 0.1) is 0 Å². The molecule has 2 heterocycles. The summed E-state index contributed by atoms with van der Waals surface area (Å²) in [7, 11) is 0. The van der Waals surface area contributed by atoms with E-state index in [4.69, 9.17) is 11.5 Å². The van der Waals surface area contributed by atoms with Crippen LogP contribution in [-0.2, 0) is 42.3 Å². The molecular weight excluding hydrogens is 424 g/mol. The molecule has 0 aliphatic rings. The number of amidine groups is 2. The van der Waals surface area contributed by atoms with Gasteiger partial charge in [-0.3, -0.25) is 9.97 Å². The Kier molecular flexibility index (Phi) is 12.5. The first kappa shape index (κ1) is 24.5. The molecule has 27 heavy (non-hydrogen) atoms. The van der Waals surface area contributed by atoms with Crippen LogP contribution in [0.5, 0.6) is 0 Å². The van der Waals surface area contributed by atoms with Gasteiger partial charge in [-0.1, -0.05) is 12.1 Å². The summed E-state index contributed by atoms with van der Waals surface area (Å²) in [5.41, 5.74) is 13.2. The van der Waals surface area contributed by atoms with E-state index in [0.29, 0.717) is 11.4 Å². The van der Waals surface area contributed by atoms with Crippen LogP contribution in [0.2, 0.25) is 0 Å². The number of rotatable bonds is 4. The van der Waals surface area contributed by atoms with Gasteiger partial charge >= 0.3 is 17.1 Å². The fourth-order valence-corrected chi connectivity index (χ4v) is 1.59. The second kappa shape index (κ2) is 13.7. The van der Waals surface area contributed by atoms with E-state index in [1.807, 2.05) is 36.4 Å². The summed E-state index contributed by atoms with van der Waals surface area (Å²) < 4.78 is 0. The largest absolute Gasteiger partial charge is 2.00 e. The van der Waals surface area contributed by atoms with Crippen molar-refractivity contribution in [2.24, 2.45) is 31.9 Å². The Hall–Kier alpha value is -2.46. The zero-order chi connectivity index (χ0) is 19.4. The molecule has 142 valence electrons. The van der Waals surface area contributed by atoms with Gasteiger partial charge in [-0.25, -0.2) is 0 Å². The van der Waals surface area contributed by atoms with Gasteiger partial charge in [0.25, 0.3) is 0 Å². The molecule has 0 fully saturated rings. The quantitative estimate of drug-likeness (QED) is 0.242. The summed E-state index contributed by atoms with van der Waals surface area (Å²) in [6.07, 6.45) is 3.38. The van der Waals surface area contributed by atoms with E-state index in [9.17, 15) is 0 Å². The van der Waals surface area contributed by atoms with Gasteiger partial charge in [0.2, 0.25) is 0 Å². The molecule has 0 aliphatic carbocycles. The van der Waals surface area contributed by atoms with Crippen LogP contribution in [-0.4, -0.2) is 31.7 Å². The van der Waals surface area contributed by atoms with E-state index >= 15 is 0 Å². The average Bonchev–Trinajstić information content (AvgIpc) is 2.66. The van der Waals surface area contributed by atoms with Crippen molar-refractivity contribution in [1.29, 1.82) is 0 Å². The van der Waals surface area contributed by atoms with E-state index in [-0.39, 0.29) is 27.4 Å². The molecule has 8 nitrogen and oxygen atoms in total. The van der Waals surface area contributed by atoms with Gasteiger partial charge in [-0.2, -0.15) is 20.4 Å². The van der Waals surface area contributed by atoms with Crippen LogP contribution in [0.15, 0.2) is 69.2 Å². The van der Waals surface area contributed by atoms with Crippen molar-refractivity contribution in [2.75, 3.05) is 0 Å². The summed E-state index contributed by atoms with van der Waals surface area (Å²) in [5, 5.41) is 14.8. The minimum absolute atomic E-state index is 0. The van der Waals surface area contributed by atoms with Crippen LogP contribution < -0.4 is 11.5 Å². The summed E-state index contributed by atoms with van der Waals surface area (Å²) in [5.74, 6) is 0. The maximum atomic E-state index is 5.16. The fourth-order valence-electron chi connectivity index (χ4n) is 1.50. The Balaban J connectivity index is 0.000000483. The summed E-state index contributed by atoms with van der Waals surface area (Å²) in [6.45, 7) is 3.59. The Morgan fingerprint density at radius 2 is 1.11 bits per heavy atom. The van der Waals surface area contributed by atoms with Gasteiger partial charge in [0.05, 0.1) is 22.8 Å². The van der Waals surface area contributed by atoms with E-state index in [2.05, 4.69) is 55.6 Å². The number of hydrogen-bond donors (Lipinski definition) is 2. The molecule has 11 heteroatoms. The molecule has 0 bridgehead atoms. The second-order valence-electron chi connectivity index (χ2n) is 4.68. The molecule has 0 amide bonds. The van der Waals surface area contributed by atoms with Crippen molar-refractivity contribution in [3.63, 3.8) is 0 Å². The molecule has 0 spiro atoms. The van der Waals surface area contributed by atoms with Gasteiger partial charge in [0.1, 0.15) is 0 Å². The monoisotopic (exact) mass is 442 g/mol. The van der Waals surface area contributed by atoms with Gasteiger partial charge in [-0.15, -0.1) is 0 Å². The van der Waals surface area contributed by atoms with E-state index in [1.54, 1.807) is 26.2 Å². The van der Waals surface area contributed by atoms with Crippen molar-refractivity contribution in [1.82, 2.24) is 9.97 Å². The molecular formula is C16H18FeN8S2. The molecule has 0 aromatic carbocycles. The van der Waals surface area contributed by atoms with Crippen LogP contribution in [0.25, 0.3) is 0 Å². The number of nitrogens with two attached hydrogens (primary N) is 2. The van der Waals surface area contributed by atoms with Crippen molar-refractivity contribution in [3.05, 3.63) is 60.2 Å². The standard InChI is InChI=1S/2C8H10N4S.Fe/c2*1-6(11-12-8(9)13)7-4-2-3-5-10-7;/h2*2-5H,1H3,(H3,9,12,13);/q;;+2/p-2/b2*11-6+;. The zero-order valence-corrected chi connectivity index (χ0v) is 17.4. The Morgan fingerprint density at radius 3 is 1.37 bits per heavy atom. The topological polar surface area (TPSA) is 127 Å². The minimum Gasteiger partial charge on any atom is -0.741 e. The molecule has 0 radical (unpaired) electrons. The zero-order valence-electron chi connectivity index (χ0n) is 14.6. The van der Waals surface area contributed by atoms with Gasteiger partial charge in [-0.05, 0) is 48.4 Å². The van der Waals surface area contributed by atoms with E-state index < -0.39 is 0 Å². The first-order valence-electron chi connectivity index (χ1n) is 7.32. The molecule has 0 unspecified atom stereocenters. The molecule has 0 saturated heterocycles. The first-order valence-corrected chi connectivity index (χ1v) is 8.14. The summed E-state index contributed by atoms with van der Waals surface area (Å²) >= 11 is 9.10. The summed E-state index contributed by atoms with van der Waals surface area (Å²) in [6, 6.07) is 11.1. The number of pyridine rings is 2. The fraction of sp³-hybridized carbons (Fsp3) is 0.125. The number of aromatic nitrogens is 2. The van der Waals surface area contributed by atoms with Crippen LogP contribution >= 0.6 is 0 Å². The molecule has 0 saturated carbocycles. The van der Waals surface area contributed by atoms with Crippen molar-refractivity contribution in [2.45, 2.75) is 13.8 Å². The molecule has 0 atom stereocenters. The third-order valence-corrected chi connectivity index (χ3v) is 2.83. The Bertz CT molecular complexity index is 730. The van der Waals surface area contributed by atoms with Crippen LogP contribution in [0.3, 0.4) is 0 Å². The summed E-state index contributed by atoms with van der Waals surface area (Å²) in [4.78, 5) is 8.16. The second-order valence-corrected chi connectivity index (χ2v) is 5.51. The SMILES string of the molecule is C/C(=N\N=C(\N)[S-])c1ccccn1.C/C(=N\N=C(\N)[S-])c1ccccn1.[Fe+2]. The predicted octanol–water partition coefficient (Wildman–Crippen LogP) is 1.33. The van der Waals surface area contributed by atoms with Crippen LogP contribution in [0.1, 0.15) is 25.2 Å². The van der Waals surface area contributed by atoms with E-state index in [1.165, 1.54) is 0 Å². The molecule has 2 aromatic heterocycles. The van der Waals surface area contributed by atoms with Crippen molar-refractivity contribution >= 4 is 47.0 Å². The predicted molar refractivity (Wildman–Crippen MR) is 111 cm³/mol. The average molecular weight is 442 g/mol. The van der Waals surface area contributed by atoms with Gasteiger partial charge in [0, 0.05) is 12.4 Å². The third kappa shape index (κ3) is 11.0. The Morgan fingerprint density at radius 1 is 0.741 bits per heavy atom. The minimum atomic E-state index is 0. The normalized spacial score (nSPS) is 12.5. The van der Waals surface area contributed by atoms with Gasteiger partial charge < -0.3 is 36.7 Å². The molecule has 2 aromatic rings. The van der Waals surface area contributed by atoms with Gasteiger partial charge in [0.15, 0.2) is 0 Å². The molecule has 0 aliphatic heterocycles. The van der Waals surface area contributed by atoms with E-state index in [0.717, 1.165) is 11.4 Å². The maximum absolute atomic E-state index is 5.16. The Labute approximate surface area is 179 Å². The molecule has 4 N–H and O–H groups in total. The first-order chi connectivity index (χ1) is 12.4. The maximum Gasteiger partial charge on any atom is 2.00 e. The smallest absolute Gasteiger partial charge is 0.741 e.